The van der Waals surface area contributed by atoms with Crippen molar-refractivity contribution in [3.05, 3.63) is 52.8 Å². The lowest BCUT2D eigenvalue weighted by Gasteiger charge is -2.09. The van der Waals surface area contributed by atoms with Crippen molar-refractivity contribution < 1.29 is 17.9 Å². The zero-order chi connectivity index (χ0) is 15.4. The predicted octanol–water partition coefficient (Wildman–Crippen LogP) is 5.46. The van der Waals surface area contributed by atoms with Crippen molar-refractivity contribution in [2.75, 3.05) is 0 Å². The molecule has 0 heterocycles. The molecule has 2 aromatic carbocycles. The van der Waals surface area contributed by atoms with Crippen molar-refractivity contribution in [3.63, 3.8) is 0 Å². The molecule has 0 fully saturated rings. The fourth-order valence-corrected chi connectivity index (χ4v) is 2.33. The first-order valence-electron chi connectivity index (χ1n) is 5.61. The van der Waals surface area contributed by atoms with Crippen LogP contribution in [-0.2, 0) is 0 Å². The van der Waals surface area contributed by atoms with Crippen LogP contribution in [0.3, 0.4) is 0 Å². The molecule has 2 rings (SSSR count). The van der Waals surface area contributed by atoms with Crippen LogP contribution in [0.4, 0.5) is 13.2 Å². The summed E-state index contributed by atoms with van der Waals surface area (Å²) >= 11 is 6.03. The molecule has 0 atom stereocenters. The van der Waals surface area contributed by atoms with E-state index in [-0.39, 0.29) is 27.0 Å². The van der Waals surface area contributed by atoms with Crippen LogP contribution in [0, 0.1) is 17.1 Å². The van der Waals surface area contributed by atoms with Crippen LogP contribution in [0.2, 0.25) is 5.02 Å². The lowest BCUT2D eigenvalue weighted by Crippen LogP contribution is -1.91. The second-order valence-corrected chi connectivity index (χ2v) is 5.36. The van der Waals surface area contributed by atoms with Crippen molar-refractivity contribution in [2.45, 2.75) is 10.7 Å². The van der Waals surface area contributed by atoms with Crippen LogP contribution < -0.4 is 4.74 Å². The minimum atomic E-state index is -2.58. The topological polar surface area (TPSA) is 33.0 Å². The Hall–Kier alpha value is -1.84. The van der Waals surface area contributed by atoms with E-state index in [1.54, 1.807) is 0 Å². The summed E-state index contributed by atoms with van der Waals surface area (Å²) in [5.41, 5.74) is 0.0704. The number of thioether (sulfide) groups is 1. The molecule has 0 saturated carbocycles. The summed E-state index contributed by atoms with van der Waals surface area (Å²) in [4.78, 5) is 0.242. The molecule has 2 nitrogen and oxygen atoms in total. The zero-order valence-electron chi connectivity index (χ0n) is 10.3. The number of ether oxygens (including phenoxy) is 1. The quantitative estimate of drug-likeness (QED) is 0.698. The number of benzene rings is 2. The number of rotatable bonds is 4. The highest BCUT2D eigenvalue weighted by Gasteiger charge is 2.11. The average molecular weight is 330 g/mol. The monoisotopic (exact) mass is 329 g/mol. The van der Waals surface area contributed by atoms with E-state index in [2.05, 4.69) is 0 Å². The van der Waals surface area contributed by atoms with E-state index in [4.69, 9.17) is 21.6 Å². The zero-order valence-corrected chi connectivity index (χ0v) is 11.9. The summed E-state index contributed by atoms with van der Waals surface area (Å²) in [6.07, 6.45) is 0. The van der Waals surface area contributed by atoms with Gasteiger partial charge in [-0.2, -0.15) is 14.0 Å². The van der Waals surface area contributed by atoms with E-state index in [0.717, 1.165) is 12.1 Å². The highest BCUT2D eigenvalue weighted by molar-refractivity contribution is 7.99. The Morgan fingerprint density at radius 2 is 1.95 bits per heavy atom. The van der Waals surface area contributed by atoms with Gasteiger partial charge in [0.1, 0.15) is 23.4 Å². The Kier molecular flexibility index (Phi) is 4.99. The molecule has 0 saturated heterocycles. The summed E-state index contributed by atoms with van der Waals surface area (Å²) < 4.78 is 43.2. The van der Waals surface area contributed by atoms with Crippen molar-refractivity contribution >= 4 is 23.4 Å². The highest BCUT2D eigenvalue weighted by Crippen LogP contribution is 2.32. The van der Waals surface area contributed by atoms with Gasteiger partial charge in [-0.15, -0.1) is 0 Å². The van der Waals surface area contributed by atoms with Crippen LogP contribution in [-0.4, -0.2) is 5.76 Å². The van der Waals surface area contributed by atoms with Gasteiger partial charge in [-0.3, -0.25) is 0 Å². The molecule has 108 valence electrons. The van der Waals surface area contributed by atoms with Crippen molar-refractivity contribution in [3.8, 4) is 17.6 Å². The predicted molar refractivity (Wildman–Crippen MR) is 74.5 cm³/mol. The van der Waals surface area contributed by atoms with Crippen LogP contribution in [0.25, 0.3) is 0 Å². The van der Waals surface area contributed by atoms with Gasteiger partial charge in [-0.25, -0.2) is 4.39 Å². The number of hydrogen-bond donors (Lipinski definition) is 0. The molecule has 0 aliphatic heterocycles. The van der Waals surface area contributed by atoms with Crippen LogP contribution >= 0.6 is 23.4 Å². The molecule has 21 heavy (non-hydrogen) atoms. The number of nitriles is 1. The molecule has 2 aromatic rings. The van der Waals surface area contributed by atoms with Gasteiger partial charge in [0.2, 0.25) is 0 Å². The van der Waals surface area contributed by atoms with Gasteiger partial charge < -0.3 is 4.74 Å². The average Bonchev–Trinajstić information content (AvgIpc) is 2.38. The third kappa shape index (κ3) is 4.31. The number of hydrogen-bond acceptors (Lipinski definition) is 3. The molecule has 0 radical (unpaired) electrons. The Morgan fingerprint density at radius 3 is 2.57 bits per heavy atom. The number of halogens is 4. The third-order valence-electron chi connectivity index (χ3n) is 2.36. The third-order valence-corrected chi connectivity index (χ3v) is 3.28. The van der Waals surface area contributed by atoms with E-state index in [1.807, 2.05) is 6.07 Å². The van der Waals surface area contributed by atoms with E-state index >= 15 is 0 Å². The van der Waals surface area contributed by atoms with E-state index in [1.165, 1.54) is 24.3 Å². The van der Waals surface area contributed by atoms with E-state index < -0.39 is 11.6 Å². The Morgan fingerprint density at radius 1 is 1.19 bits per heavy atom. The molecule has 0 bridgehead atoms. The molecule has 0 amide bonds. The molecule has 0 aliphatic carbocycles. The van der Waals surface area contributed by atoms with Gasteiger partial charge >= 0.3 is 0 Å². The standard InChI is InChI=1S/C14H7ClF3NOS/c15-9-4-10(16)6-11(5-9)20-13-2-1-12(21-14(17)18)3-8(13)7-19/h1-6,14H. The smallest absolute Gasteiger partial charge is 0.288 e. The number of nitrogens with zero attached hydrogens (tertiary/aromatic N) is 1. The van der Waals surface area contributed by atoms with Gasteiger partial charge in [0.15, 0.2) is 0 Å². The van der Waals surface area contributed by atoms with Gasteiger partial charge in [-0.05, 0) is 30.3 Å². The maximum Gasteiger partial charge on any atom is 0.288 e. The fraction of sp³-hybridized carbons (Fsp3) is 0.0714. The second-order valence-electron chi connectivity index (χ2n) is 3.86. The first kappa shape index (κ1) is 15.5. The molecule has 0 N–H and O–H groups in total. The Balaban J connectivity index is 2.29. The summed E-state index contributed by atoms with van der Waals surface area (Å²) in [5, 5.41) is 9.18. The molecule has 0 unspecified atom stereocenters. The first-order valence-corrected chi connectivity index (χ1v) is 6.86. The lowest BCUT2D eigenvalue weighted by atomic mass is 10.2. The van der Waals surface area contributed by atoms with Crippen molar-refractivity contribution in [1.29, 1.82) is 5.26 Å². The first-order chi connectivity index (χ1) is 9.97. The van der Waals surface area contributed by atoms with Crippen molar-refractivity contribution in [2.24, 2.45) is 0 Å². The fourth-order valence-electron chi connectivity index (χ4n) is 1.58. The molecule has 0 aromatic heterocycles. The SMILES string of the molecule is N#Cc1cc(SC(F)F)ccc1Oc1cc(F)cc(Cl)c1. The summed E-state index contributed by atoms with van der Waals surface area (Å²) in [7, 11) is 0. The number of alkyl halides is 2. The second kappa shape index (κ2) is 6.74. The molecule has 7 heteroatoms. The summed E-state index contributed by atoms with van der Waals surface area (Å²) in [6, 6.07) is 9.51. The van der Waals surface area contributed by atoms with E-state index in [0.29, 0.717) is 11.8 Å². The van der Waals surface area contributed by atoms with Crippen LogP contribution in [0.1, 0.15) is 5.56 Å². The van der Waals surface area contributed by atoms with E-state index in [9.17, 15) is 13.2 Å². The summed E-state index contributed by atoms with van der Waals surface area (Å²) in [6.45, 7) is 0. The largest absolute Gasteiger partial charge is 0.456 e. The molecule has 0 spiro atoms. The van der Waals surface area contributed by atoms with Gasteiger partial charge in [0, 0.05) is 16.0 Å². The maximum atomic E-state index is 13.2. The minimum absolute atomic E-state index is 0.0704. The van der Waals surface area contributed by atoms with Crippen LogP contribution in [0.5, 0.6) is 11.5 Å². The van der Waals surface area contributed by atoms with Gasteiger partial charge in [-0.1, -0.05) is 23.4 Å². The molecular formula is C14H7ClF3NOS. The summed E-state index contributed by atoms with van der Waals surface area (Å²) in [5.74, 6) is -2.91. The Labute approximate surface area is 128 Å². The molecule has 0 aliphatic rings. The normalized spacial score (nSPS) is 10.5. The van der Waals surface area contributed by atoms with Crippen molar-refractivity contribution in [1.82, 2.24) is 0 Å². The van der Waals surface area contributed by atoms with Crippen LogP contribution in [0.15, 0.2) is 41.3 Å². The highest BCUT2D eigenvalue weighted by atomic mass is 35.5. The Bertz CT molecular complexity index is 683. The maximum absolute atomic E-state index is 13.2. The molecular weight excluding hydrogens is 323 g/mol. The lowest BCUT2D eigenvalue weighted by molar-refractivity contribution is 0.252. The van der Waals surface area contributed by atoms with Gasteiger partial charge in [0.05, 0.1) is 5.56 Å². The minimum Gasteiger partial charge on any atom is -0.456 e. The van der Waals surface area contributed by atoms with Gasteiger partial charge in [0.25, 0.3) is 5.76 Å².